The van der Waals surface area contributed by atoms with Crippen molar-refractivity contribution in [2.24, 2.45) is 0 Å². The van der Waals surface area contributed by atoms with Crippen LogP contribution in [0.4, 0.5) is 0 Å². The molecule has 3 nitrogen and oxygen atoms in total. The van der Waals surface area contributed by atoms with Crippen molar-refractivity contribution < 1.29 is 0 Å². The summed E-state index contributed by atoms with van der Waals surface area (Å²) in [6, 6.07) is 0. The number of aromatic nitrogens is 2. The molecule has 0 amide bonds. The maximum atomic E-state index is 4.18. The van der Waals surface area contributed by atoms with Crippen LogP contribution in [-0.2, 0) is 6.54 Å². The lowest BCUT2D eigenvalue weighted by Gasteiger charge is -2.04. The largest absolute Gasteiger partial charge is 0.313 e. The van der Waals surface area contributed by atoms with Crippen LogP contribution in [-0.4, -0.2) is 28.8 Å². The first-order valence-corrected chi connectivity index (χ1v) is 6.85. The highest BCUT2D eigenvalue weighted by molar-refractivity contribution is 7.98. The van der Waals surface area contributed by atoms with E-state index in [-0.39, 0.29) is 0 Å². The van der Waals surface area contributed by atoms with Crippen molar-refractivity contribution in [2.75, 3.05) is 18.6 Å². The van der Waals surface area contributed by atoms with E-state index in [2.05, 4.69) is 28.7 Å². The minimum atomic E-state index is 0.938. The second-order valence-electron chi connectivity index (χ2n) is 3.79. The number of H-pyrrole nitrogens is 1. The second kappa shape index (κ2) is 6.90. The van der Waals surface area contributed by atoms with Crippen molar-refractivity contribution in [1.29, 1.82) is 0 Å². The molecular weight excluding hydrogens is 206 g/mol. The second-order valence-corrected chi connectivity index (χ2v) is 4.77. The Hall–Kier alpha value is -0.480. The molecule has 1 aromatic rings. The maximum Gasteiger partial charge on any atom is 0.0638 e. The van der Waals surface area contributed by atoms with Gasteiger partial charge in [-0.3, -0.25) is 5.10 Å². The van der Waals surface area contributed by atoms with E-state index in [1.165, 1.54) is 29.9 Å². The van der Waals surface area contributed by atoms with Gasteiger partial charge in [0.15, 0.2) is 0 Å². The summed E-state index contributed by atoms with van der Waals surface area (Å²) in [5.74, 6) is 1.27. The number of hydrogen-bond donors (Lipinski definition) is 2. The molecule has 0 atom stereocenters. The van der Waals surface area contributed by atoms with Crippen LogP contribution in [0.2, 0.25) is 0 Å². The summed E-state index contributed by atoms with van der Waals surface area (Å²) in [6.07, 6.45) is 4.72. The molecule has 0 aromatic carbocycles. The summed E-state index contributed by atoms with van der Waals surface area (Å²) in [4.78, 5) is 0. The minimum Gasteiger partial charge on any atom is -0.313 e. The zero-order valence-electron chi connectivity index (χ0n) is 9.89. The average Bonchev–Trinajstić information content (AvgIpc) is 2.54. The molecule has 1 heterocycles. The molecule has 15 heavy (non-hydrogen) atoms. The number of hydrogen-bond acceptors (Lipinski definition) is 3. The van der Waals surface area contributed by atoms with Gasteiger partial charge in [-0.2, -0.15) is 16.9 Å². The fourth-order valence-corrected chi connectivity index (χ4v) is 2.04. The highest BCUT2D eigenvalue weighted by atomic mass is 32.2. The van der Waals surface area contributed by atoms with E-state index in [0.29, 0.717) is 0 Å². The zero-order valence-corrected chi connectivity index (χ0v) is 10.7. The highest BCUT2D eigenvalue weighted by Gasteiger charge is 2.04. The molecule has 1 aromatic heterocycles. The third-order valence-corrected chi connectivity index (χ3v) is 3.23. The van der Waals surface area contributed by atoms with E-state index in [9.17, 15) is 0 Å². The van der Waals surface area contributed by atoms with Crippen LogP contribution in [0.15, 0.2) is 0 Å². The Kier molecular flexibility index (Phi) is 5.79. The Morgan fingerprint density at radius 1 is 1.33 bits per heavy atom. The summed E-state index contributed by atoms with van der Waals surface area (Å²) in [6.45, 7) is 6.16. The Balaban J connectivity index is 2.15. The van der Waals surface area contributed by atoms with Gasteiger partial charge < -0.3 is 5.32 Å². The van der Waals surface area contributed by atoms with E-state index in [1.54, 1.807) is 0 Å². The van der Waals surface area contributed by atoms with Gasteiger partial charge >= 0.3 is 0 Å². The topological polar surface area (TPSA) is 40.7 Å². The predicted octanol–water partition coefficient (Wildman–Crippen LogP) is 2.26. The third kappa shape index (κ3) is 4.26. The Bertz CT molecular complexity index is 264. The SMILES string of the molecule is CSCCCCNCc1c(C)n[nH]c1C. The third-order valence-electron chi connectivity index (χ3n) is 2.53. The molecule has 0 radical (unpaired) electrons. The Morgan fingerprint density at radius 3 is 2.73 bits per heavy atom. The minimum absolute atomic E-state index is 0.938. The molecule has 0 saturated heterocycles. The zero-order chi connectivity index (χ0) is 11.1. The van der Waals surface area contributed by atoms with Gasteiger partial charge in [-0.15, -0.1) is 0 Å². The molecule has 0 aliphatic carbocycles. The van der Waals surface area contributed by atoms with E-state index in [4.69, 9.17) is 0 Å². The Labute approximate surface area is 96.4 Å². The predicted molar refractivity (Wildman–Crippen MR) is 67.4 cm³/mol. The van der Waals surface area contributed by atoms with Crippen LogP contribution in [0.25, 0.3) is 0 Å². The van der Waals surface area contributed by atoms with Crippen molar-refractivity contribution in [3.8, 4) is 0 Å². The lowest BCUT2D eigenvalue weighted by atomic mass is 10.2. The molecule has 1 rings (SSSR count). The summed E-state index contributed by atoms with van der Waals surface area (Å²) < 4.78 is 0. The molecule has 0 bridgehead atoms. The van der Waals surface area contributed by atoms with Crippen molar-refractivity contribution in [3.05, 3.63) is 17.0 Å². The molecular formula is C11H21N3S. The molecule has 0 aliphatic heterocycles. The van der Waals surface area contributed by atoms with E-state index in [0.717, 1.165) is 18.8 Å². The molecule has 0 saturated carbocycles. The molecule has 86 valence electrons. The standard InChI is InChI=1S/C11H21N3S/c1-9-11(10(2)14-13-9)8-12-6-4-5-7-15-3/h12H,4-8H2,1-3H3,(H,13,14). The Morgan fingerprint density at radius 2 is 2.13 bits per heavy atom. The van der Waals surface area contributed by atoms with Gasteiger partial charge in [-0.1, -0.05) is 0 Å². The molecule has 0 spiro atoms. The number of aryl methyl sites for hydroxylation is 2. The van der Waals surface area contributed by atoms with Crippen LogP contribution < -0.4 is 5.32 Å². The van der Waals surface area contributed by atoms with Gasteiger partial charge in [0.05, 0.1) is 5.69 Å². The molecule has 2 N–H and O–H groups in total. The first-order valence-electron chi connectivity index (χ1n) is 5.45. The molecule has 4 heteroatoms. The summed E-state index contributed by atoms with van der Waals surface area (Å²) >= 11 is 1.92. The van der Waals surface area contributed by atoms with Crippen molar-refractivity contribution in [1.82, 2.24) is 15.5 Å². The summed E-state index contributed by atoms with van der Waals surface area (Å²) in [5.41, 5.74) is 3.62. The van der Waals surface area contributed by atoms with Gasteiger partial charge in [0, 0.05) is 17.8 Å². The van der Waals surface area contributed by atoms with Crippen molar-refractivity contribution in [2.45, 2.75) is 33.2 Å². The van der Waals surface area contributed by atoms with Gasteiger partial charge in [0.1, 0.15) is 0 Å². The molecule has 0 aliphatic rings. The summed E-state index contributed by atoms with van der Waals surface area (Å²) in [7, 11) is 0. The number of nitrogens with one attached hydrogen (secondary N) is 2. The average molecular weight is 227 g/mol. The lowest BCUT2D eigenvalue weighted by Crippen LogP contribution is -2.15. The molecule has 0 fully saturated rings. The number of rotatable bonds is 7. The number of aromatic amines is 1. The normalized spacial score (nSPS) is 10.9. The lowest BCUT2D eigenvalue weighted by molar-refractivity contribution is 0.641. The van der Waals surface area contributed by atoms with E-state index < -0.39 is 0 Å². The van der Waals surface area contributed by atoms with Crippen LogP contribution in [0, 0.1) is 13.8 Å². The fraction of sp³-hybridized carbons (Fsp3) is 0.727. The number of thioether (sulfide) groups is 1. The first kappa shape index (κ1) is 12.6. The van der Waals surface area contributed by atoms with Gasteiger partial charge in [0.25, 0.3) is 0 Å². The summed E-state index contributed by atoms with van der Waals surface area (Å²) in [5, 5.41) is 10.6. The fourth-order valence-electron chi connectivity index (χ4n) is 1.54. The molecule has 0 unspecified atom stereocenters. The van der Waals surface area contributed by atoms with Crippen LogP contribution in [0.5, 0.6) is 0 Å². The van der Waals surface area contributed by atoms with Gasteiger partial charge in [0.2, 0.25) is 0 Å². The highest BCUT2D eigenvalue weighted by Crippen LogP contribution is 2.08. The van der Waals surface area contributed by atoms with Gasteiger partial charge in [-0.25, -0.2) is 0 Å². The smallest absolute Gasteiger partial charge is 0.0638 e. The van der Waals surface area contributed by atoms with E-state index in [1.807, 2.05) is 18.7 Å². The maximum absolute atomic E-state index is 4.18. The van der Waals surface area contributed by atoms with Crippen molar-refractivity contribution >= 4 is 11.8 Å². The van der Waals surface area contributed by atoms with Crippen LogP contribution in [0.1, 0.15) is 29.8 Å². The monoisotopic (exact) mass is 227 g/mol. The van der Waals surface area contributed by atoms with Crippen LogP contribution in [0.3, 0.4) is 0 Å². The van der Waals surface area contributed by atoms with E-state index >= 15 is 0 Å². The quantitative estimate of drug-likeness (QED) is 0.702. The van der Waals surface area contributed by atoms with Gasteiger partial charge in [-0.05, 0) is 45.2 Å². The number of nitrogens with zero attached hydrogens (tertiary/aromatic N) is 1. The van der Waals surface area contributed by atoms with Crippen molar-refractivity contribution in [3.63, 3.8) is 0 Å². The first-order chi connectivity index (χ1) is 7.25. The van der Waals surface area contributed by atoms with Crippen LogP contribution >= 0.6 is 11.8 Å². The number of unbranched alkanes of at least 4 members (excludes halogenated alkanes) is 1.